The van der Waals surface area contributed by atoms with Gasteiger partial charge >= 0.3 is 11.8 Å². The first-order chi connectivity index (χ1) is 10.1. The molecule has 6 nitrogen and oxygen atoms in total. The first kappa shape index (κ1) is 15.8. The van der Waals surface area contributed by atoms with Crippen LogP contribution in [0.15, 0.2) is 22.7 Å². The summed E-state index contributed by atoms with van der Waals surface area (Å²) in [7, 11) is 1.54. The first-order valence-electron chi connectivity index (χ1n) is 6.75. The maximum atomic E-state index is 12.1. The van der Waals surface area contributed by atoms with Crippen LogP contribution < -0.4 is 15.4 Å². The molecule has 1 fully saturated rings. The zero-order valence-electron chi connectivity index (χ0n) is 11.8. The molecule has 1 heterocycles. The van der Waals surface area contributed by atoms with Gasteiger partial charge in [-0.1, -0.05) is 15.9 Å². The Morgan fingerprint density at radius 1 is 1.29 bits per heavy atom. The molecule has 1 aromatic carbocycles. The molecule has 0 unspecified atom stereocenters. The average molecular weight is 356 g/mol. The fourth-order valence-corrected chi connectivity index (χ4v) is 2.60. The van der Waals surface area contributed by atoms with Gasteiger partial charge in [0.2, 0.25) is 0 Å². The summed E-state index contributed by atoms with van der Waals surface area (Å²) in [6.45, 7) is 2.73. The highest BCUT2D eigenvalue weighted by Gasteiger charge is 2.22. The van der Waals surface area contributed by atoms with Crippen molar-refractivity contribution in [1.82, 2.24) is 10.2 Å². The smallest absolute Gasteiger partial charge is 0.313 e. The van der Waals surface area contributed by atoms with Crippen molar-refractivity contribution in [1.29, 1.82) is 0 Å². The van der Waals surface area contributed by atoms with Crippen LogP contribution in [0.2, 0.25) is 0 Å². The quantitative estimate of drug-likeness (QED) is 0.782. The molecule has 0 radical (unpaired) electrons. The number of hydrogen-bond acceptors (Lipinski definition) is 4. The van der Waals surface area contributed by atoms with Gasteiger partial charge in [0.1, 0.15) is 5.75 Å². The fourth-order valence-electron chi connectivity index (χ4n) is 2.13. The monoisotopic (exact) mass is 355 g/mol. The number of carbonyl (C=O) groups excluding carboxylic acids is 2. The number of anilines is 1. The molecule has 0 bridgehead atoms. The van der Waals surface area contributed by atoms with E-state index in [1.165, 1.54) is 0 Å². The van der Waals surface area contributed by atoms with E-state index in [1.54, 1.807) is 30.2 Å². The van der Waals surface area contributed by atoms with Crippen molar-refractivity contribution in [3.63, 3.8) is 0 Å². The second-order valence-corrected chi connectivity index (χ2v) is 5.65. The molecule has 2 N–H and O–H groups in total. The largest absolute Gasteiger partial charge is 0.497 e. The van der Waals surface area contributed by atoms with Gasteiger partial charge in [-0.25, -0.2) is 0 Å². The van der Waals surface area contributed by atoms with Crippen LogP contribution in [0, 0.1) is 0 Å². The molecule has 7 heteroatoms. The standard InChI is InChI=1S/C14H18BrN3O3/c1-21-12-8-10(15)7-11(9-12)17-13(19)14(20)18-5-2-3-16-4-6-18/h7-9,16H,2-6H2,1H3,(H,17,19). The number of nitrogens with one attached hydrogen (secondary N) is 2. The van der Waals surface area contributed by atoms with E-state index in [1.807, 2.05) is 0 Å². The second-order valence-electron chi connectivity index (χ2n) is 4.73. The van der Waals surface area contributed by atoms with Gasteiger partial charge in [-0.05, 0) is 25.1 Å². The van der Waals surface area contributed by atoms with Gasteiger partial charge in [0.15, 0.2) is 0 Å². The minimum atomic E-state index is -0.628. The predicted octanol–water partition coefficient (Wildman–Crippen LogP) is 1.22. The van der Waals surface area contributed by atoms with Crippen LogP contribution in [-0.4, -0.2) is 50.0 Å². The van der Waals surface area contributed by atoms with E-state index >= 15 is 0 Å². The van der Waals surface area contributed by atoms with Crippen molar-refractivity contribution < 1.29 is 14.3 Å². The van der Waals surface area contributed by atoms with E-state index in [4.69, 9.17) is 4.74 Å². The molecular weight excluding hydrogens is 338 g/mol. The third-order valence-corrected chi connectivity index (χ3v) is 3.64. The van der Waals surface area contributed by atoms with E-state index in [9.17, 15) is 9.59 Å². The normalized spacial score (nSPS) is 15.2. The van der Waals surface area contributed by atoms with Crippen LogP contribution in [0.4, 0.5) is 5.69 Å². The zero-order chi connectivity index (χ0) is 15.2. The summed E-state index contributed by atoms with van der Waals surface area (Å²) in [4.78, 5) is 25.8. The summed E-state index contributed by atoms with van der Waals surface area (Å²) < 4.78 is 5.89. The lowest BCUT2D eigenvalue weighted by molar-refractivity contribution is -0.143. The molecule has 2 amide bonds. The Labute approximate surface area is 132 Å². The number of methoxy groups -OCH3 is 1. The Morgan fingerprint density at radius 3 is 2.86 bits per heavy atom. The molecule has 1 saturated heterocycles. The molecule has 21 heavy (non-hydrogen) atoms. The lowest BCUT2D eigenvalue weighted by Gasteiger charge is -2.19. The van der Waals surface area contributed by atoms with E-state index in [2.05, 4.69) is 26.6 Å². The molecule has 1 aromatic rings. The van der Waals surface area contributed by atoms with Crippen molar-refractivity contribution >= 4 is 33.4 Å². The Bertz CT molecular complexity index is 528. The number of hydrogen-bond donors (Lipinski definition) is 2. The van der Waals surface area contributed by atoms with Crippen molar-refractivity contribution in [3.05, 3.63) is 22.7 Å². The number of benzene rings is 1. The highest BCUT2D eigenvalue weighted by Crippen LogP contribution is 2.24. The maximum Gasteiger partial charge on any atom is 0.313 e. The topological polar surface area (TPSA) is 70.7 Å². The highest BCUT2D eigenvalue weighted by molar-refractivity contribution is 9.10. The minimum absolute atomic E-state index is 0.502. The average Bonchev–Trinajstić information content (AvgIpc) is 2.74. The minimum Gasteiger partial charge on any atom is -0.497 e. The summed E-state index contributed by atoms with van der Waals surface area (Å²) in [5.74, 6) is -0.527. The van der Waals surface area contributed by atoms with E-state index in [0.717, 1.165) is 17.4 Å². The molecule has 0 atom stereocenters. The summed E-state index contributed by atoms with van der Waals surface area (Å²) in [5, 5.41) is 5.81. The maximum absolute atomic E-state index is 12.1. The molecule has 2 rings (SSSR count). The van der Waals surface area contributed by atoms with Gasteiger partial charge in [-0.3, -0.25) is 9.59 Å². The van der Waals surface area contributed by atoms with Crippen molar-refractivity contribution in [3.8, 4) is 5.75 Å². The summed E-state index contributed by atoms with van der Waals surface area (Å²) in [6.07, 6.45) is 0.851. The van der Waals surface area contributed by atoms with Gasteiger partial charge in [0.25, 0.3) is 0 Å². The lowest BCUT2D eigenvalue weighted by Crippen LogP contribution is -2.41. The number of nitrogens with zero attached hydrogens (tertiary/aromatic N) is 1. The van der Waals surface area contributed by atoms with Gasteiger partial charge in [-0.2, -0.15) is 0 Å². The van der Waals surface area contributed by atoms with Gasteiger partial charge in [0.05, 0.1) is 7.11 Å². The SMILES string of the molecule is COc1cc(Br)cc(NC(=O)C(=O)N2CCCNCC2)c1. The van der Waals surface area contributed by atoms with E-state index in [0.29, 0.717) is 31.1 Å². The molecule has 0 aromatic heterocycles. The molecule has 0 aliphatic carbocycles. The van der Waals surface area contributed by atoms with Crippen LogP contribution in [0.1, 0.15) is 6.42 Å². The molecule has 0 spiro atoms. The van der Waals surface area contributed by atoms with Crippen molar-refractivity contribution in [2.45, 2.75) is 6.42 Å². The van der Waals surface area contributed by atoms with Crippen molar-refractivity contribution in [2.75, 3.05) is 38.6 Å². The zero-order valence-corrected chi connectivity index (χ0v) is 13.4. The number of carbonyl (C=O) groups is 2. The number of ether oxygens (including phenoxy) is 1. The van der Waals surface area contributed by atoms with Crippen LogP contribution in [0.5, 0.6) is 5.75 Å². The molecule has 0 saturated carbocycles. The molecule has 1 aliphatic heterocycles. The predicted molar refractivity (Wildman–Crippen MR) is 83.4 cm³/mol. The van der Waals surface area contributed by atoms with Crippen LogP contribution in [0.3, 0.4) is 0 Å². The number of rotatable bonds is 2. The lowest BCUT2D eigenvalue weighted by atomic mass is 10.3. The van der Waals surface area contributed by atoms with E-state index < -0.39 is 11.8 Å². The number of amides is 2. The van der Waals surface area contributed by atoms with Crippen LogP contribution in [-0.2, 0) is 9.59 Å². The Hall–Kier alpha value is -1.60. The van der Waals surface area contributed by atoms with Crippen LogP contribution >= 0.6 is 15.9 Å². The Balaban J connectivity index is 2.03. The first-order valence-corrected chi connectivity index (χ1v) is 7.55. The van der Waals surface area contributed by atoms with Gasteiger partial charge < -0.3 is 20.3 Å². The van der Waals surface area contributed by atoms with Gasteiger partial charge in [-0.15, -0.1) is 0 Å². The van der Waals surface area contributed by atoms with Crippen molar-refractivity contribution in [2.24, 2.45) is 0 Å². The highest BCUT2D eigenvalue weighted by atomic mass is 79.9. The molecule has 1 aliphatic rings. The van der Waals surface area contributed by atoms with Crippen LogP contribution in [0.25, 0.3) is 0 Å². The Kier molecular flexibility index (Phi) is 5.58. The number of halogens is 1. The third-order valence-electron chi connectivity index (χ3n) is 3.19. The summed E-state index contributed by atoms with van der Waals surface area (Å²) in [6, 6.07) is 5.16. The summed E-state index contributed by atoms with van der Waals surface area (Å²) in [5.41, 5.74) is 0.521. The van der Waals surface area contributed by atoms with E-state index in [-0.39, 0.29) is 0 Å². The molecular formula is C14H18BrN3O3. The summed E-state index contributed by atoms with van der Waals surface area (Å²) >= 11 is 3.33. The second kappa shape index (κ2) is 7.42. The Morgan fingerprint density at radius 2 is 2.10 bits per heavy atom. The fraction of sp³-hybridized carbons (Fsp3) is 0.429. The van der Waals surface area contributed by atoms with Gasteiger partial charge in [0, 0.05) is 35.9 Å². The third kappa shape index (κ3) is 4.44. The molecule has 114 valence electrons.